The van der Waals surface area contributed by atoms with Crippen LogP contribution in [0.1, 0.15) is 67.2 Å². The number of carboxylic acids is 1. The summed E-state index contributed by atoms with van der Waals surface area (Å²) in [6.45, 7) is 7.17. The maximum absolute atomic E-state index is 12.6. The van der Waals surface area contributed by atoms with Crippen LogP contribution in [0.25, 0.3) is 0 Å². The van der Waals surface area contributed by atoms with Gasteiger partial charge in [-0.05, 0) is 69.7 Å². The van der Waals surface area contributed by atoms with Crippen molar-refractivity contribution in [1.29, 1.82) is 0 Å². The summed E-state index contributed by atoms with van der Waals surface area (Å²) in [5.41, 5.74) is -0.315. The molecule has 26 heavy (non-hydrogen) atoms. The lowest BCUT2D eigenvalue weighted by Gasteiger charge is -2.36. The molecule has 0 spiro atoms. The second-order valence-corrected chi connectivity index (χ2v) is 7.08. The minimum atomic E-state index is -1.20. The fraction of sp³-hybridized carbons (Fsp3) is 0.550. The highest BCUT2D eigenvalue weighted by molar-refractivity contribution is 5.99. The molecule has 6 nitrogen and oxygen atoms in total. The molecule has 1 saturated carbocycles. The highest BCUT2D eigenvalue weighted by atomic mass is 16.4. The van der Waals surface area contributed by atoms with Gasteiger partial charge in [-0.2, -0.15) is 0 Å². The van der Waals surface area contributed by atoms with Crippen LogP contribution < -0.4 is 5.32 Å². The molecule has 0 unspecified atom stereocenters. The number of aliphatic carboxylic acids is 1. The first-order valence-electron chi connectivity index (χ1n) is 9.28. The van der Waals surface area contributed by atoms with Gasteiger partial charge < -0.3 is 15.3 Å². The van der Waals surface area contributed by atoms with E-state index in [-0.39, 0.29) is 5.91 Å². The van der Waals surface area contributed by atoms with Crippen LogP contribution in [0.4, 0.5) is 0 Å². The highest BCUT2D eigenvalue weighted by Gasteiger charge is 2.42. The Labute approximate surface area is 154 Å². The van der Waals surface area contributed by atoms with Crippen molar-refractivity contribution in [1.82, 2.24) is 10.2 Å². The van der Waals surface area contributed by atoms with Crippen molar-refractivity contribution in [2.75, 3.05) is 13.1 Å². The fourth-order valence-electron chi connectivity index (χ4n) is 3.39. The molecule has 0 heterocycles. The molecule has 0 radical (unpaired) electrons. The molecule has 0 aliphatic heterocycles. The molecule has 1 aliphatic carbocycles. The number of carboxylic acid groups (broad SMARTS) is 1. The van der Waals surface area contributed by atoms with Gasteiger partial charge in [-0.1, -0.05) is 6.92 Å². The van der Waals surface area contributed by atoms with E-state index in [1.54, 1.807) is 29.2 Å². The van der Waals surface area contributed by atoms with Crippen LogP contribution >= 0.6 is 0 Å². The zero-order valence-electron chi connectivity index (χ0n) is 15.7. The number of rotatable bonds is 6. The zero-order valence-corrected chi connectivity index (χ0v) is 15.7. The Balaban J connectivity index is 2.12. The van der Waals surface area contributed by atoms with Crippen molar-refractivity contribution < 1.29 is 19.5 Å². The molecule has 2 rings (SSSR count). The molecule has 6 heteroatoms. The third kappa shape index (κ3) is 4.23. The number of hydrogen-bond acceptors (Lipinski definition) is 3. The summed E-state index contributed by atoms with van der Waals surface area (Å²) >= 11 is 0. The maximum atomic E-state index is 12.6. The van der Waals surface area contributed by atoms with Crippen LogP contribution in [0.15, 0.2) is 24.3 Å². The number of hydrogen-bond donors (Lipinski definition) is 2. The quantitative estimate of drug-likeness (QED) is 0.817. The SMILES string of the molecule is CCN(CC)C(=O)c1ccc(C(=O)NC2(C(=O)O)CCC(C)CC2)cc1. The monoisotopic (exact) mass is 360 g/mol. The molecule has 2 N–H and O–H groups in total. The van der Waals surface area contributed by atoms with E-state index < -0.39 is 17.4 Å². The molecule has 0 saturated heterocycles. The number of carbonyl (C=O) groups is 3. The average Bonchev–Trinajstić information content (AvgIpc) is 2.64. The van der Waals surface area contributed by atoms with E-state index in [1.165, 1.54) is 0 Å². The normalized spacial score (nSPS) is 22.5. The predicted octanol–water partition coefficient (Wildman–Crippen LogP) is 2.93. The third-order valence-corrected chi connectivity index (χ3v) is 5.33. The van der Waals surface area contributed by atoms with Crippen molar-refractivity contribution in [3.05, 3.63) is 35.4 Å². The molecule has 1 aliphatic rings. The Morgan fingerprint density at radius 3 is 2.04 bits per heavy atom. The van der Waals surface area contributed by atoms with E-state index in [0.717, 1.165) is 12.8 Å². The second kappa shape index (κ2) is 8.34. The maximum Gasteiger partial charge on any atom is 0.329 e. The molecule has 0 atom stereocenters. The Bertz CT molecular complexity index is 657. The highest BCUT2D eigenvalue weighted by Crippen LogP contribution is 2.32. The van der Waals surface area contributed by atoms with Crippen molar-refractivity contribution >= 4 is 17.8 Å². The Morgan fingerprint density at radius 1 is 1.08 bits per heavy atom. The second-order valence-electron chi connectivity index (χ2n) is 7.08. The summed E-state index contributed by atoms with van der Waals surface area (Å²) in [6.07, 6.45) is 2.44. The average molecular weight is 360 g/mol. The molecule has 1 aromatic rings. The lowest BCUT2D eigenvalue weighted by Crippen LogP contribution is -2.56. The van der Waals surface area contributed by atoms with Crippen molar-refractivity contribution in [3.63, 3.8) is 0 Å². The Morgan fingerprint density at radius 2 is 1.58 bits per heavy atom. The zero-order chi connectivity index (χ0) is 19.3. The third-order valence-electron chi connectivity index (χ3n) is 5.33. The van der Waals surface area contributed by atoms with Crippen molar-refractivity contribution in [2.45, 2.75) is 52.0 Å². The number of benzene rings is 1. The number of nitrogens with zero attached hydrogens (tertiary/aromatic N) is 1. The number of amides is 2. The van der Waals surface area contributed by atoms with Crippen LogP contribution in [0.5, 0.6) is 0 Å². The van der Waals surface area contributed by atoms with E-state index >= 15 is 0 Å². The van der Waals surface area contributed by atoms with E-state index in [2.05, 4.69) is 12.2 Å². The summed E-state index contributed by atoms with van der Waals surface area (Å²) in [5.74, 6) is -0.996. The van der Waals surface area contributed by atoms with Gasteiger partial charge in [-0.15, -0.1) is 0 Å². The van der Waals surface area contributed by atoms with E-state index in [9.17, 15) is 19.5 Å². The van der Waals surface area contributed by atoms with Gasteiger partial charge in [0.25, 0.3) is 11.8 Å². The van der Waals surface area contributed by atoms with Crippen molar-refractivity contribution in [2.24, 2.45) is 5.92 Å². The lowest BCUT2D eigenvalue weighted by atomic mass is 9.77. The summed E-state index contributed by atoms with van der Waals surface area (Å²) in [4.78, 5) is 38.4. The number of nitrogens with one attached hydrogen (secondary N) is 1. The first kappa shape index (κ1) is 19.9. The van der Waals surface area contributed by atoms with Gasteiger partial charge in [0.15, 0.2) is 0 Å². The van der Waals surface area contributed by atoms with E-state index in [1.807, 2.05) is 13.8 Å². The molecule has 1 aromatic carbocycles. The van der Waals surface area contributed by atoms with E-state index in [4.69, 9.17) is 0 Å². The van der Waals surface area contributed by atoms with Gasteiger partial charge in [0, 0.05) is 24.2 Å². The molecule has 0 aromatic heterocycles. The number of carbonyl (C=O) groups excluding carboxylic acids is 2. The van der Waals surface area contributed by atoms with Crippen LogP contribution in [-0.4, -0.2) is 46.4 Å². The van der Waals surface area contributed by atoms with E-state index in [0.29, 0.717) is 43.0 Å². The smallest absolute Gasteiger partial charge is 0.329 e. The summed E-state index contributed by atoms with van der Waals surface area (Å²) in [7, 11) is 0. The van der Waals surface area contributed by atoms with Crippen LogP contribution in [0.3, 0.4) is 0 Å². The molecule has 142 valence electrons. The van der Waals surface area contributed by atoms with Crippen molar-refractivity contribution in [3.8, 4) is 0 Å². The van der Waals surface area contributed by atoms with Gasteiger partial charge in [-0.3, -0.25) is 9.59 Å². The van der Waals surface area contributed by atoms with Gasteiger partial charge in [0.2, 0.25) is 0 Å². The van der Waals surface area contributed by atoms with Gasteiger partial charge in [0.1, 0.15) is 5.54 Å². The summed E-state index contributed by atoms with van der Waals surface area (Å²) < 4.78 is 0. The first-order chi connectivity index (χ1) is 12.3. The van der Waals surface area contributed by atoms with Crippen LogP contribution in [-0.2, 0) is 4.79 Å². The fourth-order valence-corrected chi connectivity index (χ4v) is 3.39. The molecule has 0 bridgehead atoms. The standard InChI is InChI=1S/C20H28N2O4/c1-4-22(5-2)18(24)16-8-6-15(7-9-16)17(23)21-20(19(25)26)12-10-14(3)11-13-20/h6-9,14H,4-5,10-13H2,1-3H3,(H,21,23)(H,25,26). The first-order valence-corrected chi connectivity index (χ1v) is 9.28. The molecule has 1 fully saturated rings. The van der Waals surface area contributed by atoms with Gasteiger partial charge >= 0.3 is 5.97 Å². The molecular weight excluding hydrogens is 332 g/mol. The predicted molar refractivity (Wildman–Crippen MR) is 99.2 cm³/mol. The minimum absolute atomic E-state index is 0.0785. The molecular formula is C20H28N2O4. The Kier molecular flexibility index (Phi) is 6.40. The van der Waals surface area contributed by atoms with Gasteiger partial charge in [-0.25, -0.2) is 4.79 Å². The topological polar surface area (TPSA) is 86.7 Å². The Hall–Kier alpha value is -2.37. The summed E-state index contributed by atoms with van der Waals surface area (Å²) in [5, 5.41) is 12.4. The van der Waals surface area contributed by atoms with Gasteiger partial charge in [0.05, 0.1) is 0 Å². The molecule has 2 amide bonds. The lowest BCUT2D eigenvalue weighted by molar-refractivity contribution is -0.146. The largest absolute Gasteiger partial charge is 0.480 e. The summed E-state index contributed by atoms with van der Waals surface area (Å²) in [6, 6.07) is 6.39. The minimum Gasteiger partial charge on any atom is -0.480 e. The van der Waals surface area contributed by atoms with Crippen LogP contribution in [0.2, 0.25) is 0 Å². The van der Waals surface area contributed by atoms with Crippen LogP contribution in [0, 0.1) is 5.92 Å².